The molecule has 0 saturated carbocycles. The maximum Gasteiger partial charge on any atom is 0.273 e. The largest absolute Gasteiger partial charge is 0.471 e. The van der Waals surface area contributed by atoms with Crippen molar-refractivity contribution < 1.29 is 9.53 Å². The maximum atomic E-state index is 12.1. The number of pyridine rings is 1. The normalized spacial score (nSPS) is 15.0. The molecule has 0 aromatic carbocycles. The van der Waals surface area contributed by atoms with Crippen LogP contribution in [0.3, 0.4) is 0 Å². The zero-order valence-corrected chi connectivity index (χ0v) is 12.3. The molecule has 0 radical (unpaired) electrons. The number of ether oxygens (including phenoxy) is 1. The summed E-state index contributed by atoms with van der Waals surface area (Å²) in [7, 11) is 0. The second-order valence-corrected chi connectivity index (χ2v) is 6.02. The molecular weight excluding hydrogens is 298 g/mol. The molecule has 2 aromatic rings. The second kappa shape index (κ2) is 5.38. The molecule has 7 heteroatoms. The van der Waals surface area contributed by atoms with Gasteiger partial charge >= 0.3 is 0 Å². The van der Waals surface area contributed by atoms with Crippen LogP contribution in [0, 0.1) is 6.92 Å². The zero-order valence-electron chi connectivity index (χ0n) is 10.7. The number of amides is 1. The highest BCUT2D eigenvalue weighted by Gasteiger charge is 2.33. The number of rotatable bonds is 3. The van der Waals surface area contributed by atoms with Gasteiger partial charge in [0.2, 0.25) is 5.88 Å². The smallest absolute Gasteiger partial charge is 0.273 e. The van der Waals surface area contributed by atoms with Crippen molar-refractivity contribution >= 4 is 28.8 Å². The first kappa shape index (κ1) is 13.3. The topological polar surface area (TPSA) is 55.3 Å². The van der Waals surface area contributed by atoms with Gasteiger partial charge in [0, 0.05) is 17.6 Å². The first-order chi connectivity index (χ1) is 9.61. The quantitative estimate of drug-likeness (QED) is 0.873. The molecule has 0 spiro atoms. The average Bonchev–Trinajstić information content (AvgIpc) is 2.81. The summed E-state index contributed by atoms with van der Waals surface area (Å²) in [5, 5.41) is 3.25. The lowest BCUT2D eigenvalue weighted by molar-refractivity contribution is 0.0156. The Labute approximate surface area is 125 Å². The van der Waals surface area contributed by atoms with Crippen LogP contribution in [0.5, 0.6) is 5.88 Å². The van der Waals surface area contributed by atoms with E-state index in [2.05, 4.69) is 9.97 Å². The molecule has 1 fully saturated rings. The lowest BCUT2D eigenvalue weighted by Crippen LogP contribution is -2.56. The highest BCUT2D eigenvalue weighted by Crippen LogP contribution is 2.20. The Morgan fingerprint density at radius 3 is 2.90 bits per heavy atom. The highest BCUT2D eigenvalue weighted by molar-refractivity contribution is 7.09. The van der Waals surface area contributed by atoms with Crippen LogP contribution in [-0.4, -0.2) is 40.0 Å². The van der Waals surface area contributed by atoms with Crippen molar-refractivity contribution in [1.29, 1.82) is 0 Å². The number of hydrogen-bond donors (Lipinski definition) is 0. The van der Waals surface area contributed by atoms with Crippen molar-refractivity contribution in [2.45, 2.75) is 13.0 Å². The highest BCUT2D eigenvalue weighted by atomic mass is 35.5. The van der Waals surface area contributed by atoms with Crippen molar-refractivity contribution in [2.75, 3.05) is 13.1 Å². The molecule has 104 valence electrons. The number of carbonyl (C=O) groups is 1. The van der Waals surface area contributed by atoms with E-state index in [4.69, 9.17) is 16.3 Å². The number of hydrogen-bond acceptors (Lipinski definition) is 5. The van der Waals surface area contributed by atoms with E-state index in [9.17, 15) is 4.79 Å². The Morgan fingerprint density at radius 2 is 2.30 bits per heavy atom. The van der Waals surface area contributed by atoms with Crippen LogP contribution in [0.2, 0.25) is 5.02 Å². The van der Waals surface area contributed by atoms with Crippen LogP contribution in [0.25, 0.3) is 0 Å². The monoisotopic (exact) mass is 309 g/mol. The van der Waals surface area contributed by atoms with Gasteiger partial charge in [-0.2, -0.15) is 0 Å². The number of aromatic nitrogens is 2. The van der Waals surface area contributed by atoms with Crippen molar-refractivity contribution in [3.63, 3.8) is 0 Å². The third kappa shape index (κ3) is 2.76. The van der Waals surface area contributed by atoms with Gasteiger partial charge in [-0.15, -0.1) is 11.3 Å². The van der Waals surface area contributed by atoms with Crippen LogP contribution >= 0.6 is 22.9 Å². The third-order valence-electron chi connectivity index (χ3n) is 2.96. The zero-order chi connectivity index (χ0) is 14.1. The molecule has 1 aliphatic rings. The van der Waals surface area contributed by atoms with E-state index in [1.165, 1.54) is 17.5 Å². The average molecular weight is 310 g/mol. The minimum Gasteiger partial charge on any atom is -0.471 e. The summed E-state index contributed by atoms with van der Waals surface area (Å²) in [5.41, 5.74) is 0.510. The summed E-state index contributed by atoms with van der Waals surface area (Å²) in [6.07, 6.45) is 1.52. The van der Waals surface area contributed by atoms with E-state index >= 15 is 0 Å². The van der Waals surface area contributed by atoms with Crippen molar-refractivity contribution in [3.8, 4) is 5.88 Å². The maximum absolute atomic E-state index is 12.1. The van der Waals surface area contributed by atoms with E-state index in [0.29, 0.717) is 29.7 Å². The first-order valence-corrected chi connectivity index (χ1v) is 7.37. The summed E-state index contributed by atoms with van der Waals surface area (Å²) >= 11 is 7.23. The van der Waals surface area contributed by atoms with Gasteiger partial charge in [-0.25, -0.2) is 9.97 Å². The number of carbonyl (C=O) groups excluding carboxylic acids is 1. The van der Waals surface area contributed by atoms with Gasteiger partial charge < -0.3 is 9.64 Å². The molecule has 0 N–H and O–H groups in total. The summed E-state index contributed by atoms with van der Waals surface area (Å²) in [6, 6.07) is 3.44. The standard InChI is InChI=1S/C13H12ClN3O2S/c1-8-16-11(7-20-8)13(18)17-5-10(6-17)19-12-3-2-9(14)4-15-12/h2-4,7,10H,5-6H2,1H3. The van der Waals surface area contributed by atoms with Crippen LogP contribution < -0.4 is 4.74 Å². The number of likely N-dealkylation sites (tertiary alicyclic amines) is 1. The van der Waals surface area contributed by atoms with E-state index in [-0.39, 0.29) is 12.0 Å². The summed E-state index contributed by atoms with van der Waals surface area (Å²) < 4.78 is 5.65. The van der Waals surface area contributed by atoms with E-state index in [1.807, 2.05) is 6.92 Å². The fourth-order valence-corrected chi connectivity index (χ4v) is 2.60. The first-order valence-electron chi connectivity index (χ1n) is 6.11. The molecule has 0 atom stereocenters. The van der Waals surface area contributed by atoms with E-state index in [0.717, 1.165) is 5.01 Å². The molecule has 3 rings (SSSR count). The number of halogens is 1. The van der Waals surface area contributed by atoms with Gasteiger partial charge in [0.15, 0.2) is 0 Å². The van der Waals surface area contributed by atoms with Gasteiger partial charge in [0.05, 0.1) is 23.1 Å². The van der Waals surface area contributed by atoms with Gasteiger partial charge in [0.25, 0.3) is 5.91 Å². The van der Waals surface area contributed by atoms with E-state index < -0.39 is 0 Å². The second-order valence-electron chi connectivity index (χ2n) is 4.52. The fraction of sp³-hybridized carbons (Fsp3) is 0.308. The Morgan fingerprint density at radius 1 is 1.50 bits per heavy atom. The lowest BCUT2D eigenvalue weighted by Gasteiger charge is -2.38. The Bertz CT molecular complexity index is 623. The van der Waals surface area contributed by atoms with Crippen molar-refractivity contribution in [3.05, 3.63) is 39.4 Å². The summed E-state index contributed by atoms with van der Waals surface area (Å²) in [6.45, 7) is 3.00. The lowest BCUT2D eigenvalue weighted by atomic mass is 10.1. The molecular formula is C13H12ClN3O2S. The molecule has 1 aliphatic heterocycles. The minimum absolute atomic E-state index is 0.0210. The Hall–Kier alpha value is -1.66. The number of nitrogens with zero attached hydrogens (tertiary/aromatic N) is 3. The molecule has 0 bridgehead atoms. The van der Waals surface area contributed by atoms with Gasteiger partial charge in [-0.3, -0.25) is 4.79 Å². The van der Waals surface area contributed by atoms with Crippen LogP contribution in [0.1, 0.15) is 15.5 Å². The SMILES string of the molecule is Cc1nc(C(=O)N2CC(Oc3ccc(Cl)cn3)C2)cs1. The minimum atomic E-state index is -0.0433. The molecule has 0 aliphatic carbocycles. The Balaban J connectivity index is 1.53. The van der Waals surface area contributed by atoms with Crippen LogP contribution in [0.4, 0.5) is 0 Å². The summed E-state index contributed by atoms with van der Waals surface area (Å²) in [5.74, 6) is 0.481. The molecule has 3 heterocycles. The van der Waals surface area contributed by atoms with Crippen molar-refractivity contribution in [1.82, 2.24) is 14.9 Å². The predicted molar refractivity (Wildman–Crippen MR) is 76.4 cm³/mol. The number of aryl methyl sites for hydroxylation is 1. The molecule has 1 saturated heterocycles. The van der Waals surface area contributed by atoms with Gasteiger partial charge in [-0.05, 0) is 13.0 Å². The summed E-state index contributed by atoms with van der Waals surface area (Å²) in [4.78, 5) is 22.0. The van der Waals surface area contributed by atoms with Crippen LogP contribution in [-0.2, 0) is 0 Å². The molecule has 1 amide bonds. The van der Waals surface area contributed by atoms with E-state index in [1.54, 1.807) is 22.4 Å². The van der Waals surface area contributed by atoms with Crippen molar-refractivity contribution in [2.24, 2.45) is 0 Å². The third-order valence-corrected chi connectivity index (χ3v) is 3.96. The molecule has 2 aromatic heterocycles. The predicted octanol–water partition coefficient (Wildman–Crippen LogP) is 2.40. The molecule has 0 unspecified atom stereocenters. The molecule has 20 heavy (non-hydrogen) atoms. The Kier molecular flexibility index (Phi) is 3.58. The van der Waals surface area contributed by atoms with Crippen LogP contribution in [0.15, 0.2) is 23.7 Å². The van der Waals surface area contributed by atoms with Gasteiger partial charge in [0.1, 0.15) is 11.8 Å². The van der Waals surface area contributed by atoms with Gasteiger partial charge in [-0.1, -0.05) is 11.6 Å². The number of thiazole rings is 1. The fourth-order valence-electron chi connectivity index (χ4n) is 1.90. The molecule has 5 nitrogen and oxygen atoms in total.